The SMILES string of the molecule is Cc1cc(C=C2NC(=O)N(Cc3ccccc3Cl)C2=O)c(C)n1-n1c(C)nc2ccccc2c1=O. The summed E-state index contributed by atoms with van der Waals surface area (Å²) in [5.41, 5.74) is 3.48. The fourth-order valence-electron chi connectivity index (χ4n) is 4.37. The number of carbonyl (C=O) groups excluding carboxylic acids is 2. The largest absolute Gasteiger partial charge is 0.329 e. The second kappa shape index (κ2) is 8.56. The Bertz CT molecular complexity index is 1620. The van der Waals surface area contributed by atoms with E-state index in [4.69, 9.17) is 11.6 Å². The quantitative estimate of drug-likeness (QED) is 0.345. The Morgan fingerprint density at radius 2 is 1.69 bits per heavy atom. The first kappa shape index (κ1) is 22.6. The average molecular weight is 488 g/mol. The maximum atomic E-state index is 13.3. The van der Waals surface area contributed by atoms with Gasteiger partial charge in [0.15, 0.2) is 0 Å². The lowest BCUT2D eigenvalue weighted by molar-refractivity contribution is -0.123. The molecule has 5 rings (SSSR count). The number of halogens is 1. The van der Waals surface area contributed by atoms with Crippen molar-refractivity contribution >= 4 is 40.5 Å². The van der Waals surface area contributed by atoms with Gasteiger partial charge >= 0.3 is 6.03 Å². The number of carbonyl (C=O) groups is 2. The van der Waals surface area contributed by atoms with Gasteiger partial charge in [0.25, 0.3) is 11.5 Å². The lowest BCUT2D eigenvalue weighted by atomic mass is 10.2. The van der Waals surface area contributed by atoms with E-state index in [1.807, 2.05) is 32.0 Å². The molecule has 1 saturated heterocycles. The van der Waals surface area contributed by atoms with Crippen molar-refractivity contribution in [3.8, 4) is 0 Å². The molecule has 3 amide bonds. The smallest absolute Gasteiger partial charge is 0.303 e. The third-order valence-corrected chi connectivity index (χ3v) is 6.47. The number of rotatable bonds is 4. The number of fused-ring (bicyclic) bond motifs is 1. The van der Waals surface area contributed by atoms with E-state index < -0.39 is 11.9 Å². The van der Waals surface area contributed by atoms with Crippen LogP contribution in [-0.2, 0) is 11.3 Å². The van der Waals surface area contributed by atoms with E-state index in [1.165, 1.54) is 4.68 Å². The summed E-state index contributed by atoms with van der Waals surface area (Å²) in [7, 11) is 0. The molecular formula is C26H22ClN5O3. The first-order chi connectivity index (χ1) is 16.8. The highest BCUT2D eigenvalue weighted by molar-refractivity contribution is 6.31. The van der Waals surface area contributed by atoms with Crippen LogP contribution in [0.2, 0.25) is 5.02 Å². The zero-order chi connectivity index (χ0) is 24.9. The van der Waals surface area contributed by atoms with Gasteiger partial charge in [-0.25, -0.2) is 9.78 Å². The Hall–Kier alpha value is -4.17. The normalized spacial score (nSPS) is 14.9. The number of hydrogen-bond acceptors (Lipinski definition) is 4. The third kappa shape index (κ3) is 3.81. The van der Waals surface area contributed by atoms with Gasteiger partial charge in [0.05, 0.1) is 17.4 Å². The molecule has 0 aliphatic carbocycles. The van der Waals surface area contributed by atoms with Gasteiger partial charge in [0, 0.05) is 16.4 Å². The second-order valence-electron chi connectivity index (χ2n) is 8.40. The molecule has 1 N–H and O–H groups in total. The van der Waals surface area contributed by atoms with Crippen LogP contribution in [0, 0.1) is 20.8 Å². The van der Waals surface area contributed by atoms with Gasteiger partial charge in [0.1, 0.15) is 11.5 Å². The molecule has 0 bridgehead atoms. The molecule has 3 heterocycles. The first-order valence-corrected chi connectivity index (χ1v) is 11.4. The molecule has 35 heavy (non-hydrogen) atoms. The number of hydrogen-bond donors (Lipinski definition) is 1. The number of urea groups is 1. The average Bonchev–Trinajstić information content (AvgIpc) is 3.25. The summed E-state index contributed by atoms with van der Waals surface area (Å²) in [6, 6.07) is 15.6. The molecule has 2 aromatic heterocycles. The molecule has 176 valence electrons. The van der Waals surface area contributed by atoms with Crippen LogP contribution in [0.25, 0.3) is 17.0 Å². The minimum Gasteiger partial charge on any atom is -0.303 e. The van der Waals surface area contributed by atoms with Crippen LogP contribution in [0.3, 0.4) is 0 Å². The van der Waals surface area contributed by atoms with E-state index in [9.17, 15) is 14.4 Å². The predicted molar refractivity (Wildman–Crippen MR) is 134 cm³/mol. The summed E-state index contributed by atoms with van der Waals surface area (Å²) in [5.74, 6) is 0.0892. The third-order valence-electron chi connectivity index (χ3n) is 6.10. The van der Waals surface area contributed by atoms with Gasteiger partial charge in [-0.3, -0.25) is 19.2 Å². The summed E-state index contributed by atoms with van der Waals surface area (Å²) in [4.78, 5) is 44.6. The highest BCUT2D eigenvalue weighted by Gasteiger charge is 2.34. The Kier molecular flexibility index (Phi) is 5.53. The summed E-state index contributed by atoms with van der Waals surface area (Å²) in [5, 5.41) is 3.65. The predicted octanol–water partition coefficient (Wildman–Crippen LogP) is 4.18. The van der Waals surface area contributed by atoms with Crippen molar-refractivity contribution < 1.29 is 9.59 Å². The summed E-state index contributed by atoms with van der Waals surface area (Å²) < 4.78 is 3.29. The zero-order valence-electron chi connectivity index (χ0n) is 19.4. The monoisotopic (exact) mass is 487 g/mol. The second-order valence-corrected chi connectivity index (χ2v) is 8.81. The maximum Gasteiger partial charge on any atom is 0.329 e. The van der Waals surface area contributed by atoms with Crippen LogP contribution in [0.4, 0.5) is 4.79 Å². The van der Waals surface area contributed by atoms with Crippen molar-refractivity contribution in [1.82, 2.24) is 24.6 Å². The van der Waals surface area contributed by atoms with Crippen molar-refractivity contribution in [2.24, 2.45) is 0 Å². The summed E-state index contributed by atoms with van der Waals surface area (Å²) in [6.45, 7) is 5.56. The van der Waals surface area contributed by atoms with Gasteiger partial charge in [-0.2, -0.15) is 4.68 Å². The van der Waals surface area contributed by atoms with Gasteiger partial charge in [-0.05, 0) is 62.2 Å². The van der Waals surface area contributed by atoms with Crippen LogP contribution in [0.15, 0.2) is 65.1 Å². The van der Waals surface area contributed by atoms with Gasteiger partial charge in [0.2, 0.25) is 0 Å². The minimum absolute atomic E-state index is 0.0675. The number of para-hydroxylation sites is 1. The van der Waals surface area contributed by atoms with Crippen molar-refractivity contribution in [2.75, 3.05) is 0 Å². The fourth-order valence-corrected chi connectivity index (χ4v) is 4.56. The minimum atomic E-state index is -0.513. The Balaban J connectivity index is 1.53. The van der Waals surface area contributed by atoms with E-state index in [-0.39, 0.29) is 17.8 Å². The molecule has 9 heteroatoms. The Labute approximate surface area is 206 Å². The van der Waals surface area contributed by atoms with Crippen molar-refractivity contribution in [3.63, 3.8) is 0 Å². The number of nitrogens with zero attached hydrogens (tertiary/aromatic N) is 4. The van der Waals surface area contributed by atoms with Crippen LogP contribution in [0.5, 0.6) is 0 Å². The Morgan fingerprint density at radius 3 is 2.46 bits per heavy atom. The highest BCUT2D eigenvalue weighted by Crippen LogP contribution is 2.24. The number of aromatic nitrogens is 3. The Morgan fingerprint density at radius 1 is 0.971 bits per heavy atom. The standard InChI is InChI=1S/C26H22ClN5O3/c1-15-12-19(13-23-25(34)30(26(35)29-23)14-18-8-4-6-10-21(18)27)16(2)31(15)32-17(3)28-22-11-7-5-9-20(22)24(32)33/h4-13H,14H2,1-3H3,(H,29,35). The molecule has 8 nitrogen and oxygen atoms in total. The molecule has 1 fully saturated rings. The number of benzene rings is 2. The fraction of sp³-hybridized carbons (Fsp3) is 0.154. The molecule has 4 aromatic rings. The lowest BCUT2D eigenvalue weighted by Gasteiger charge is -2.16. The van der Waals surface area contributed by atoms with E-state index in [2.05, 4.69) is 10.3 Å². The molecule has 0 radical (unpaired) electrons. The first-order valence-electron chi connectivity index (χ1n) is 11.0. The van der Waals surface area contributed by atoms with Gasteiger partial charge in [-0.15, -0.1) is 0 Å². The highest BCUT2D eigenvalue weighted by atomic mass is 35.5. The molecule has 0 saturated carbocycles. The lowest BCUT2D eigenvalue weighted by Crippen LogP contribution is -2.30. The van der Waals surface area contributed by atoms with Crippen molar-refractivity contribution in [2.45, 2.75) is 27.3 Å². The van der Waals surface area contributed by atoms with Crippen LogP contribution >= 0.6 is 11.6 Å². The van der Waals surface area contributed by atoms with E-state index in [1.54, 1.807) is 54.1 Å². The topological polar surface area (TPSA) is 89.2 Å². The molecule has 1 aliphatic rings. The molecule has 0 unspecified atom stereocenters. The number of amides is 3. The van der Waals surface area contributed by atoms with Crippen LogP contribution in [0.1, 0.15) is 28.3 Å². The van der Waals surface area contributed by atoms with Crippen LogP contribution in [-0.4, -0.2) is 31.2 Å². The summed E-state index contributed by atoms with van der Waals surface area (Å²) >= 11 is 6.21. The van der Waals surface area contributed by atoms with Crippen molar-refractivity contribution in [1.29, 1.82) is 0 Å². The molecule has 0 atom stereocenters. The molecular weight excluding hydrogens is 466 g/mol. The zero-order valence-corrected chi connectivity index (χ0v) is 20.1. The van der Waals surface area contributed by atoms with E-state index >= 15 is 0 Å². The maximum absolute atomic E-state index is 13.3. The van der Waals surface area contributed by atoms with Crippen LogP contribution < -0.4 is 10.9 Å². The molecule has 0 spiro atoms. The molecule has 2 aromatic carbocycles. The molecule has 1 aliphatic heterocycles. The van der Waals surface area contributed by atoms with Crippen molar-refractivity contribution in [3.05, 3.63) is 104 Å². The number of nitrogens with one attached hydrogen (secondary N) is 1. The number of imide groups is 1. The van der Waals surface area contributed by atoms with Gasteiger partial charge in [-0.1, -0.05) is 41.9 Å². The number of aryl methyl sites for hydroxylation is 2. The van der Waals surface area contributed by atoms with Gasteiger partial charge < -0.3 is 5.32 Å². The van der Waals surface area contributed by atoms with E-state index in [0.29, 0.717) is 32.9 Å². The van der Waals surface area contributed by atoms with E-state index in [0.717, 1.165) is 16.3 Å². The summed E-state index contributed by atoms with van der Waals surface area (Å²) in [6.07, 6.45) is 1.63.